The molecule has 1 aromatic heterocycles. The molecule has 0 aliphatic carbocycles. The number of halogens is 3. The molecule has 1 aliphatic heterocycles. The molecule has 0 bridgehead atoms. The molecule has 0 saturated carbocycles. The summed E-state index contributed by atoms with van der Waals surface area (Å²) in [6, 6.07) is 1.07. The molecule has 2 rings (SSSR count). The Morgan fingerprint density at radius 3 is 2.80 bits per heavy atom. The van der Waals surface area contributed by atoms with Gasteiger partial charge in [0.1, 0.15) is 0 Å². The van der Waals surface area contributed by atoms with Gasteiger partial charge in [-0.05, 0) is 25.5 Å². The van der Waals surface area contributed by atoms with Crippen LogP contribution in [0.25, 0.3) is 0 Å². The molecule has 0 aromatic carbocycles. The lowest BCUT2D eigenvalue weighted by Gasteiger charge is -2.22. The lowest BCUT2D eigenvalue weighted by molar-refractivity contribution is -0.141. The van der Waals surface area contributed by atoms with Gasteiger partial charge in [-0.1, -0.05) is 0 Å². The average Bonchev–Trinajstić information content (AvgIpc) is 2.67. The molecule has 1 fully saturated rings. The Bertz CT molecular complexity index is 326. The molecular formula is C9H12F3N3. The van der Waals surface area contributed by atoms with Crippen LogP contribution in [0.2, 0.25) is 0 Å². The Morgan fingerprint density at radius 2 is 2.27 bits per heavy atom. The van der Waals surface area contributed by atoms with E-state index in [-0.39, 0.29) is 6.04 Å². The van der Waals surface area contributed by atoms with Crippen molar-refractivity contribution in [3.05, 3.63) is 18.0 Å². The minimum Gasteiger partial charge on any atom is -0.315 e. The molecule has 15 heavy (non-hydrogen) atoms. The van der Waals surface area contributed by atoms with Crippen molar-refractivity contribution >= 4 is 0 Å². The number of nitrogens with zero attached hydrogens (tertiary/aromatic N) is 2. The van der Waals surface area contributed by atoms with Crippen molar-refractivity contribution in [3.63, 3.8) is 0 Å². The van der Waals surface area contributed by atoms with Crippen LogP contribution in [0.4, 0.5) is 13.2 Å². The number of hydrogen-bond donors (Lipinski definition) is 1. The fraction of sp³-hybridized carbons (Fsp3) is 0.667. The fourth-order valence-electron chi connectivity index (χ4n) is 1.75. The molecule has 1 aromatic rings. The van der Waals surface area contributed by atoms with E-state index >= 15 is 0 Å². The maximum Gasteiger partial charge on any atom is 0.435 e. The van der Waals surface area contributed by atoms with Gasteiger partial charge in [-0.25, -0.2) is 0 Å². The largest absolute Gasteiger partial charge is 0.435 e. The summed E-state index contributed by atoms with van der Waals surface area (Å²) < 4.78 is 38.2. The fourth-order valence-corrected chi connectivity index (χ4v) is 1.75. The highest BCUT2D eigenvalue weighted by Crippen LogP contribution is 2.28. The van der Waals surface area contributed by atoms with Gasteiger partial charge in [0.2, 0.25) is 0 Å². The highest BCUT2D eigenvalue weighted by molar-refractivity contribution is 5.04. The van der Waals surface area contributed by atoms with Crippen LogP contribution >= 0.6 is 0 Å². The Balaban J connectivity index is 2.12. The van der Waals surface area contributed by atoms with Crippen LogP contribution in [0, 0.1) is 0 Å². The SMILES string of the molecule is FC(F)(F)c1ccn(C2CCCNC2)n1. The van der Waals surface area contributed by atoms with Gasteiger partial charge in [-0.15, -0.1) is 0 Å². The number of aromatic nitrogens is 2. The molecule has 1 saturated heterocycles. The van der Waals surface area contributed by atoms with Gasteiger partial charge in [0.25, 0.3) is 0 Å². The van der Waals surface area contributed by atoms with Crippen molar-refractivity contribution in [2.45, 2.75) is 25.1 Å². The van der Waals surface area contributed by atoms with Gasteiger partial charge < -0.3 is 5.32 Å². The summed E-state index contributed by atoms with van der Waals surface area (Å²) in [6.45, 7) is 1.63. The Morgan fingerprint density at radius 1 is 1.47 bits per heavy atom. The molecule has 84 valence electrons. The van der Waals surface area contributed by atoms with Crippen molar-refractivity contribution in [1.29, 1.82) is 0 Å². The Hall–Kier alpha value is -1.04. The molecule has 1 aliphatic rings. The van der Waals surface area contributed by atoms with Crippen molar-refractivity contribution in [2.75, 3.05) is 13.1 Å². The monoisotopic (exact) mass is 219 g/mol. The van der Waals surface area contributed by atoms with Crippen LogP contribution in [-0.4, -0.2) is 22.9 Å². The van der Waals surface area contributed by atoms with Gasteiger partial charge >= 0.3 is 6.18 Å². The topological polar surface area (TPSA) is 29.9 Å². The number of rotatable bonds is 1. The van der Waals surface area contributed by atoms with Gasteiger partial charge in [0, 0.05) is 12.7 Å². The van der Waals surface area contributed by atoms with E-state index in [1.54, 1.807) is 0 Å². The second-order valence-electron chi connectivity index (χ2n) is 3.68. The lowest BCUT2D eigenvalue weighted by atomic mass is 10.1. The zero-order valence-corrected chi connectivity index (χ0v) is 8.09. The number of nitrogens with one attached hydrogen (secondary N) is 1. The molecule has 0 radical (unpaired) electrons. The van der Waals surface area contributed by atoms with Crippen molar-refractivity contribution in [3.8, 4) is 0 Å². The predicted molar refractivity (Wildman–Crippen MR) is 48.4 cm³/mol. The summed E-state index contributed by atoms with van der Waals surface area (Å²) in [5, 5.41) is 6.70. The summed E-state index contributed by atoms with van der Waals surface area (Å²) in [6.07, 6.45) is -1.08. The molecule has 0 amide bonds. The van der Waals surface area contributed by atoms with Crippen LogP contribution in [-0.2, 0) is 6.18 Å². The second-order valence-corrected chi connectivity index (χ2v) is 3.68. The number of hydrogen-bond acceptors (Lipinski definition) is 2. The quantitative estimate of drug-likeness (QED) is 0.780. The molecule has 2 heterocycles. The molecule has 3 nitrogen and oxygen atoms in total. The lowest BCUT2D eigenvalue weighted by Crippen LogP contribution is -2.32. The van der Waals surface area contributed by atoms with E-state index in [1.165, 1.54) is 10.9 Å². The van der Waals surface area contributed by atoms with Gasteiger partial charge in [-0.2, -0.15) is 18.3 Å². The van der Waals surface area contributed by atoms with Crippen molar-refractivity contribution < 1.29 is 13.2 Å². The molecule has 6 heteroatoms. The zero-order valence-electron chi connectivity index (χ0n) is 8.09. The van der Waals surface area contributed by atoms with Crippen LogP contribution < -0.4 is 5.32 Å². The first-order valence-electron chi connectivity index (χ1n) is 4.90. The van der Waals surface area contributed by atoms with Crippen LogP contribution in [0.5, 0.6) is 0 Å². The maximum absolute atomic E-state index is 12.3. The van der Waals surface area contributed by atoms with E-state index in [4.69, 9.17) is 0 Å². The molecular weight excluding hydrogens is 207 g/mol. The smallest absolute Gasteiger partial charge is 0.315 e. The summed E-state index contributed by atoms with van der Waals surface area (Å²) in [7, 11) is 0. The van der Waals surface area contributed by atoms with Gasteiger partial charge in [-0.3, -0.25) is 4.68 Å². The maximum atomic E-state index is 12.3. The Labute approximate surface area is 85.3 Å². The summed E-state index contributed by atoms with van der Waals surface area (Å²) >= 11 is 0. The van der Waals surface area contributed by atoms with E-state index < -0.39 is 11.9 Å². The number of alkyl halides is 3. The highest BCUT2D eigenvalue weighted by atomic mass is 19.4. The minimum atomic E-state index is -4.34. The van der Waals surface area contributed by atoms with Crippen LogP contribution in [0.15, 0.2) is 12.3 Å². The third-order valence-electron chi connectivity index (χ3n) is 2.54. The summed E-state index contributed by atoms with van der Waals surface area (Å²) in [5.74, 6) is 0. The molecule has 1 N–H and O–H groups in total. The normalized spacial score (nSPS) is 23.0. The first kappa shape index (κ1) is 10.5. The standard InChI is InChI=1S/C9H12F3N3/c10-9(11,12)8-3-5-15(14-8)7-2-1-4-13-6-7/h3,5,7,13H,1-2,4,6H2. The second kappa shape index (κ2) is 3.84. The summed E-state index contributed by atoms with van der Waals surface area (Å²) in [4.78, 5) is 0. The van der Waals surface area contributed by atoms with Gasteiger partial charge in [0.15, 0.2) is 5.69 Å². The third kappa shape index (κ3) is 2.31. The molecule has 1 atom stereocenters. The van der Waals surface area contributed by atoms with Crippen molar-refractivity contribution in [2.24, 2.45) is 0 Å². The van der Waals surface area contributed by atoms with E-state index in [0.717, 1.165) is 25.5 Å². The number of piperidine rings is 1. The van der Waals surface area contributed by atoms with Crippen LogP contribution in [0.1, 0.15) is 24.6 Å². The van der Waals surface area contributed by atoms with E-state index in [9.17, 15) is 13.2 Å². The first-order valence-corrected chi connectivity index (χ1v) is 4.90. The minimum absolute atomic E-state index is 0.0508. The predicted octanol–water partition coefficient (Wildman–Crippen LogP) is 1.83. The highest BCUT2D eigenvalue weighted by Gasteiger charge is 2.34. The first-order chi connectivity index (χ1) is 7.07. The zero-order chi connectivity index (χ0) is 10.9. The van der Waals surface area contributed by atoms with Gasteiger partial charge in [0.05, 0.1) is 6.04 Å². The van der Waals surface area contributed by atoms with E-state index in [1.807, 2.05) is 0 Å². The third-order valence-corrected chi connectivity index (χ3v) is 2.54. The average molecular weight is 219 g/mol. The molecule has 1 unspecified atom stereocenters. The van der Waals surface area contributed by atoms with Crippen molar-refractivity contribution in [1.82, 2.24) is 15.1 Å². The molecule has 0 spiro atoms. The summed E-state index contributed by atoms with van der Waals surface area (Å²) in [5.41, 5.74) is -0.812. The van der Waals surface area contributed by atoms with E-state index in [2.05, 4.69) is 10.4 Å². The van der Waals surface area contributed by atoms with Crippen LogP contribution in [0.3, 0.4) is 0 Å². The Kier molecular flexibility index (Phi) is 2.68. The van der Waals surface area contributed by atoms with E-state index in [0.29, 0.717) is 6.54 Å².